The summed E-state index contributed by atoms with van der Waals surface area (Å²) in [5.74, 6) is 0.989. The van der Waals surface area contributed by atoms with Gasteiger partial charge in [-0.3, -0.25) is 0 Å². The van der Waals surface area contributed by atoms with Crippen molar-refractivity contribution < 1.29 is 9.47 Å². The van der Waals surface area contributed by atoms with Crippen molar-refractivity contribution in [3.63, 3.8) is 0 Å². The second-order valence-corrected chi connectivity index (χ2v) is 4.49. The van der Waals surface area contributed by atoms with Crippen molar-refractivity contribution >= 4 is 0 Å². The zero-order valence-corrected chi connectivity index (χ0v) is 11.7. The molecule has 0 aliphatic heterocycles. The maximum Gasteiger partial charge on any atom is 0.124 e. The van der Waals surface area contributed by atoms with Gasteiger partial charge in [0.1, 0.15) is 5.75 Å². The van der Waals surface area contributed by atoms with E-state index in [0.717, 1.165) is 38.3 Å². The lowest BCUT2D eigenvalue weighted by molar-refractivity contribution is 0.197. The fraction of sp³-hybridized carbons (Fsp3) is 0.600. The van der Waals surface area contributed by atoms with E-state index >= 15 is 0 Å². The summed E-state index contributed by atoms with van der Waals surface area (Å²) >= 11 is 0. The molecule has 1 atom stereocenters. The number of nitrogens with one attached hydrogen (secondary N) is 1. The molecule has 1 rings (SSSR count). The van der Waals surface area contributed by atoms with Crippen LogP contribution in [0.2, 0.25) is 0 Å². The van der Waals surface area contributed by atoms with E-state index in [2.05, 4.69) is 25.2 Å². The van der Waals surface area contributed by atoms with Crippen molar-refractivity contribution in [3.8, 4) is 5.75 Å². The number of benzene rings is 1. The molecule has 0 saturated heterocycles. The Bertz CT molecular complexity index is 328. The molecule has 0 heterocycles. The minimum Gasteiger partial charge on any atom is -0.490 e. The van der Waals surface area contributed by atoms with Crippen molar-refractivity contribution in [1.29, 1.82) is 0 Å². The fourth-order valence-electron chi connectivity index (χ4n) is 1.84. The highest BCUT2D eigenvalue weighted by Gasteiger charge is 2.06. The van der Waals surface area contributed by atoms with Gasteiger partial charge in [0.15, 0.2) is 0 Å². The Morgan fingerprint density at radius 3 is 2.78 bits per heavy atom. The molecule has 3 heteroatoms. The first-order chi connectivity index (χ1) is 8.77. The molecule has 0 aromatic heterocycles. The van der Waals surface area contributed by atoms with Crippen LogP contribution in [0, 0.1) is 0 Å². The molecule has 18 heavy (non-hydrogen) atoms. The van der Waals surface area contributed by atoms with E-state index in [1.807, 2.05) is 18.2 Å². The Morgan fingerprint density at radius 2 is 2.06 bits per heavy atom. The van der Waals surface area contributed by atoms with E-state index in [9.17, 15) is 0 Å². The average Bonchev–Trinajstić information content (AvgIpc) is 2.37. The molecule has 0 aliphatic rings. The lowest BCUT2D eigenvalue weighted by Gasteiger charge is -2.17. The summed E-state index contributed by atoms with van der Waals surface area (Å²) in [5.41, 5.74) is 1.21. The van der Waals surface area contributed by atoms with Crippen molar-refractivity contribution in [2.75, 3.05) is 20.3 Å². The van der Waals surface area contributed by atoms with Gasteiger partial charge in [-0.25, -0.2) is 0 Å². The highest BCUT2D eigenvalue weighted by atomic mass is 16.5. The molecule has 0 bridgehead atoms. The smallest absolute Gasteiger partial charge is 0.124 e. The SMILES string of the molecule is CCCC(C)Oc1ccccc1CNCCOC. The summed E-state index contributed by atoms with van der Waals surface area (Å²) in [4.78, 5) is 0. The molecule has 0 aliphatic carbocycles. The second-order valence-electron chi connectivity index (χ2n) is 4.49. The standard InChI is InChI=1S/C15H25NO2/c1-4-7-13(2)18-15-9-6-5-8-14(15)12-16-10-11-17-3/h5-6,8-9,13,16H,4,7,10-12H2,1-3H3. The topological polar surface area (TPSA) is 30.5 Å². The summed E-state index contributed by atoms with van der Waals surface area (Å²) in [6, 6.07) is 8.21. The van der Waals surface area contributed by atoms with Crippen LogP contribution in [0.25, 0.3) is 0 Å². The van der Waals surface area contributed by atoms with Gasteiger partial charge in [0, 0.05) is 25.8 Å². The number of rotatable bonds is 9. The Morgan fingerprint density at radius 1 is 1.28 bits per heavy atom. The Hall–Kier alpha value is -1.06. The lowest BCUT2D eigenvalue weighted by Crippen LogP contribution is -2.20. The number of hydrogen-bond donors (Lipinski definition) is 1. The van der Waals surface area contributed by atoms with Gasteiger partial charge in [-0.15, -0.1) is 0 Å². The molecule has 102 valence electrons. The Kier molecular flexibility index (Phi) is 7.46. The summed E-state index contributed by atoms with van der Waals surface area (Å²) in [7, 11) is 1.71. The molecular weight excluding hydrogens is 226 g/mol. The summed E-state index contributed by atoms with van der Waals surface area (Å²) in [6.07, 6.45) is 2.51. The predicted octanol–water partition coefficient (Wildman–Crippen LogP) is 2.99. The maximum absolute atomic E-state index is 5.97. The predicted molar refractivity (Wildman–Crippen MR) is 75.0 cm³/mol. The molecule has 1 aromatic rings. The van der Waals surface area contributed by atoms with Crippen LogP contribution in [-0.2, 0) is 11.3 Å². The van der Waals surface area contributed by atoms with Gasteiger partial charge < -0.3 is 14.8 Å². The van der Waals surface area contributed by atoms with E-state index in [0.29, 0.717) is 0 Å². The van der Waals surface area contributed by atoms with Crippen LogP contribution in [0.4, 0.5) is 0 Å². The van der Waals surface area contributed by atoms with Crippen molar-refractivity contribution in [3.05, 3.63) is 29.8 Å². The fourth-order valence-corrected chi connectivity index (χ4v) is 1.84. The number of hydrogen-bond acceptors (Lipinski definition) is 3. The van der Waals surface area contributed by atoms with Crippen LogP contribution in [-0.4, -0.2) is 26.4 Å². The maximum atomic E-state index is 5.97. The third kappa shape index (κ3) is 5.52. The molecule has 0 saturated carbocycles. The van der Waals surface area contributed by atoms with Gasteiger partial charge in [-0.2, -0.15) is 0 Å². The van der Waals surface area contributed by atoms with Crippen molar-refractivity contribution in [1.82, 2.24) is 5.32 Å². The van der Waals surface area contributed by atoms with Gasteiger partial charge in [0.25, 0.3) is 0 Å². The monoisotopic (exact) mass is 251 g/mol. The highest BCUT2D eigenvalue weighted by Crippen LogP contribution is 2.20. The van der Waals surface area contributed by atoms with E-state index < -0.39 is 0 Å². The van der Waals surface area contributed by atoms with E-state index in [-0.39, 0.29) is 6.10 Å². The highest BCUT2D eigenvalue weighted by molar-refractivity contribution is 5.33. The molecule has 1 unspecified atom stereocenters. The van der Waals surface area contributed by atoms with E-state index in [1.165, 1.54) is 5.56 Å². The van der Waals surface area contributed by atoms with E-state index in [1.54, 1.807) is 7.11 Å². The van der Waals surface area contributed by atoms with Gasteiger partial charge in [-0.05, 0) is 19.4 Å². The number of para-hydroxylation sites is 1. The average molecular weight is 251 g/mol. The molecule has 0 fully saturated rings. The molecule has 0 radical (unpaired) electrons. The minimum absolute atomic E-state index is 0.273. The molecule has 0 spiro atoms. The van der Waals surface area contributed by atoms with Gasteiger partial charge in [0.2, 0.25) is 0 Å². The first kappa shape index (κ1) is 15.0. The summed E-state index contributed by atoms with van der Waals surface area (Å²) in [6.45, 7) is 6.71. The number of methoxy groups -OCH3 is 1. The zero-order valence-electron chi connectivity index (χ0n) is 11.7. The lowest BCUT2D eigenvalue weighted by atomic mass is 10.2. The first-order valence-corrected chi connectivity index (χ1v) is 6.72. The Balaban J connectivity index is 2.50. The molecular formula is C15H25NO2. The van der Waals surface area contributed by atoms with Crippen LogP contribution >= 0.6 is 0 Å². The summed E-state index contributed by atoms with van der Waals surface area (Å²) < 4.78 is 11.0. The molecule has 1 aromatic carbocycles. The zero-order chi connectivity index (χ0) is 13.2. The summed E-state index contributed by atoms with van der Waals surface area (Å²) in [5, 5.41) is 3.34. The van der Waals surface area contributed by atoms with Gasteiger partial charge >= 0.3 is 0 Å². The van der Waals surface area contributed by atoms with Gasteiger partial charge in [0.05, 0.1) is 12.7 Å². The van der Waals surface area contributed by atoms with Crippen LogP contribution < -0.4 is 10.1 Å². The molecule has 0 amide bonds. The second kappa shape index (κ2) is 8.95. The Labute approximate surface area is 110 Å². The largest absolute Gasteiger partial charge is 0.490 e. The van der Waals surface area contributed by atoms with Gasteiger partial charge in [-0.1, -0.05) is 31.5 Å². The third-order valence-electron chi connectivity index (χ3n) is 2.79. The normalized spacial score (nSPS) is 12.4. The molecule has 3 nitrogen and oxygen atoms in total. The van der Waals surface area contributed by atoms with Crippen LogP contribution in [0.5, 0.6) is 5.75 Å². The third-order valence-corrected chi connectivity index (χ3v) is 2.79. The number of ether oxygens (including phenoxy) is 2. The quantitative estimate of drug-likeness (QED) is 0.684. The minimum atomic E-state index is 0.273. The van der Waals surface area contributed by atoms with Crippen LogP contribution in [0.1, 0.15) is 32.3 Å². The first-order valence-electron chi connectivity index (χ1n) is 6.72. The van der Waals surface area contributed by atoms with Crippen molar-refractivity contribution in [2.24, 2.45) is 0 Å². The molecule has 1 N–H and O–H groups in total. The van der Waals surface area contributed by atoms with E-state index in [4.69, 9.17) is 9.47 Å². The van der Waals surface area contributed by atoms with Crippen LogP contribution in [0.3, 0.4) is 0 Å². The van der Waals surface area contributed by atoms with Crippen molar-refractivity contribution in [2.45, 2.75) is 39.3 Å². The van der Waals surface area contributed by atoms with Crippen LogP contribution in [0.15, 0.2) is 24.3 Å².